The summed E-state index contributed by atoms with van der Waals surface area (Å²) in [4.78, 5) is 0. The Kier molecular flexibility index (Phi) is 6.76. The van der Waals surface area contributed by atoms with Crippen LogP contribution >= 0.6 is 7.60 Å². The second-order valence-electron chi connectivity index (χ2n) is 5.62. The molecule has 0 atom stereocenters. The van der Waals surface area contributed by atoms with E-state index in [0.717, 1.165) is 0 Å². The van der Waals surface area contributed by atoms with Gasteiger partial charge < -0.3 is 9.05 Å². The van der Waals surface area contributed by atoms with E-state index in [1.54, 1.807) is 31.2 Å². The van der Waals surface area contributed by atoms with Gasteiger partial charge in [0.15, 0.2) is 23.1 Å². The second kappa shape index (κ2) is 8.81. The molecule has 0 fully saturated rings. The van der Waals surface area contributed by atoms with Crippen LogP contribution in [0.3, 0.4) is 0 Å². The number of benzene rings is 2. The van der Waals surface area contributed by atoms with E-state index in [1.807, 2.05) is 0 Å². The fraction of sp³-hybridized carbons (Fsp3) is 0.200. The van der Waals surface area contributed by atoms with Crippen molar-refractivity contribution in [1.82, 2.24) is 0 Å². The van der Waals surface area contributed by atoms with Crippen molar-refractivity contribution in [3.05, 3.63) is 84.5 Å². The average molecular weight is 378 g/mol. The Morgan fingerprint density at radius 2 is 1.35 bits per heavy atom. The highest BCUT2D eigenvalue weighted by Gasteiger charge is 2.28. The summed E-state index contributed by atoms with van der Waals surface area (Å²) in [6.07, 6.45) is 4.25. The summed E-state index contributed by atoms with van der Waals surface area (Å²) in [7, 11) is -3.78. The van der Waals surface area contributed by atoms with Crippen LogP contribution in [-0.4, -0.2) is 6.16 Å². The topological polar surface area (TPSA) is 35.5 Å². The van der Waals surface area contributed by atoms with Crippen molar-refractivity contribution >= 4 is 7.60 Å². The molecule has 0 radical (unpaired) electrons. The standard InChI is InChI=1S/C20H21F2O3P/c1-4-7-15-9-11-19(17(21)13-15)24-26(23,6-3)25-20-12-10-16(8-5-2)14-18(20)22/h4-5,9-14H,1-2,6-8H2,3H3. The maximum absolute atomic E-state index is 14.2. The van der Waals surface area contributed by atoms with Gasteiger partial charge in [0.25, 0.3) is 0 Å². The van der Waals surface area contributed by atoms with E-state index in [9.17, 15) is 13.3 Å². The molecule has 0 spiro atoms. The van der Waals surface area contributed by atoms with Gasteiger partial charge in [-0.1, -0.05) is 31.2 Å². The third-order valence-electron chi connectivity index (χ3n) is 3.61. The summed E-state index contributed by atoms with van der Waals surface area (Å²) in [6.45, 7) is 8.75. The minimum Gasteiger partial charge on any atom is -0.413 e. The summed E-state index contributed by atoms with van der Waals surface area (Å²) >= 11 is 0. The first-order valence-corrected chi connectivity index (χ1v) is 9.90. The van der Waals surface area contributed by atoms with E-state index in [4.69, 9.17) is 9.05 Å². The summed E-state index contributed by atoms with van der Waals surface area (Å²) in [5, 5.41) is 0. The minimum absolute atomic E-state index is 0.0469. The predicted molar refractivity (Wildman–Crippen MR) is 100 cm³/mol. The Hall–Kier alpha value is -2.39. The van der Waals surface area contributed by atoms with E-state index in [1.165, 1.54) is 24.3 Å². The van der Waals surface area contributed by atoms with Crippen molar-refractivity contribution < 1.29 is 22.4 Å². The van der Waals surface area contributed by atoms with Crippen LogP contribution in [0, 0.1) is 11.6 Å². The zero-order chi connectivity index (χ0) is 19.2. The lowest BCUT2D eigenvalue weighted by atomic mass is 10.1. The van der Waals surface area contributed by atoms with Crippen LogP contribution in [0.15, 0.2) is 61.7 Å². The van der Waals surface area contributed by atoms with Crippen LogP contribution in [0.25, 0.3) is 0 Å². The maximum atomic E-state index is 14.2. The van der Waals surface area contributed by atoms with Crippen LogP contribution < -0.4 is 9.05 Å². The molecule has 0 aliphatic carbocycles. The Morgan fingerprint density at radius 3 is 1.65 bits per heavy atom. The van der Waals surface area contributed by atoms with Crippen LogP contribution in [-0.2, 0) is 17.4 Å². The number of rotatable bonds is 9. The summed E-state index contributed by atoms with van der Waals surface area (Å²) in [5.74, 6) is -1.73. The molecular weight excluding hydrogens is 357 g/mol. The summed E-state index contributed by atoms with van der Waals surface area (Å²) in [6, 6.07) is 8.60. The third kappa shape index (κ3) is 5.06. The van der Waals surface area contributed by atoms with Crippen LogP contribution in [0.1, 0.15) is 18.1 Å². The van der Waals surface area contributed by atoms with Gasteiger partial charge in [-0.3, -0.25) is 0 Å². The van der Waals surface area contributed by atoms with Gasteiger partial charge in [0.2, 0.25) is 0 Å². The third-order valence-corrected chi connectivity index (χ3v) is 5.34. The molecule has 0 saturated carbocycles. The molecule has 2 rings (SSSR count). The molecule has 0 heterocycles. The molecule has 0 aliphatic rings. The molecule has 0 saturated heterocycles. The molecule has 2 aromatic rings. The Labute approximate surface area is 152 Å². The van der Waals surface area contributed by atoms with E-state index in [0.29, 0.717) is 24.0 Å². The highest BCUT2D eigenvalue weighted by atomic mass is 31.2. The fourth-order valence-electron chi connectivity index (χ4n) is 2.27. The van der Waals surface area contributed by atoms with Gasteiger partial charge in [-0.25, -0.2) is 13.3 Å². The van der Waals surface area contributed by atoms with Gasteiger partial charge in [-0.15, -0.1) is 13.2 Å². The SMILES string of the molecule is C=CCc1ccc(OP(=O)(CC)Oc2ccc(CC=C)cc2F)c(F)c1. The van der Waals surface area contributed by atoms with Crippen molar-refractivity contribution in [3.8, 4) is 11.5 Å². The quantitative estimate of drug-likeness (QED) is 0.391. The second-order valence-corrected chi connectivity index (χ2v) is 7.84. The normalized spacial score (nSPS) is 11.0. The molecule has 3 nitrogen and oxygen atoms in total. The van der Waals surface area contributed by atoms with Gasteiger partial charge in [-0.05, 0) is 48.2 Å². The van der Waals surface area contributed by atoms with Crippen LogP contribution in [0.2, 0.25) is 0 Å². The average Bonchev–Trinajstić information content (AvgIpc) is 2.60. The monoisotopic (exact) mass is 378 g/mol. The van der Waals surface area contributed by atoms with E-state index < -0.39 is 19.2 Å². The van der Waals surface area contributed by atoms with E-state index >= 15 is 0 Å². The first-order valence-electron chi connectivity index (χ1n) is 8.17. The molecule has 0 bridgehead atoms. The lowest BCUT2D eigenvalue weighted by molar-refractivity contribution is 0.368. The van der Waals surface area contributed by atoms with Gasteiger partial charge in [0, 0.05) is 0 Å². The lowest BCUT2D eigenvalue weighted by Crippen LogP contribution is -2.06. The maximum Gasteiger partial charge on any atom is 0.430 e. The predicted octanol–water partition coefficient (Wildman–Crippen LogP) is 6.09. The molecule has 0 amide bonds. The fourth-order valence-corrected chi connectivity index (χ4v) is 3.46. The zero-order valence-electron chi connectivity index (χ0n) is 14.6. The molecule has 26 heavy (non-hydrogen) atoms. The van der Waals surface area contributed by atoms with E-state index in [2.05, 4.69) is 13.2 Å². The first kappa shape index (κ1) is 19.9. The molecular formula is C20H21F2O3P. The van der Waals surface area contributed by atoms with Gasteiger partial charge in [-0.2, -0.15) is 0 Å². The molecule has 0 aromatic heterocycles. The molecule has 0 aliphatic heterocycles. The van der Waals surface area contributed by atoms with Crippen molar-refractivity contribution in [3.63, 3.8) is 0 Å². The van der Waals surface area contributed by atoms with E-state index in [-0.39, 0.29) is 17.7 Å². The Balaban J connectivity index is 2.22. The van der Waals surface area contributed by atoms with Gasteiger partial charge >= 0.3 is 7.60 Å². The molecule has 2 aromatic carbocycles. The summed E-state index contributed by atoms with van der Waals surface area (Å²) in [5.41, 5.74) is 1.42. The summed E-state index contributed by atoms with van der Waals surface area (Å²) < 4.78 is 51.8. The number of hydrogen-bond acceptors (Lipinski definition) is 3. The highest BCUT2D eigenvalue weighted by molar-refractivity contribution is 7.54. The zero-order valence-corrected chi connectivity index (χ0v) is 15.5. The van der Waals surface area contributed by atoms with Crippen molar-refractivity contribution in [2.75, 3.05) is 6.16 Å². The number of halogens is 2. The van der Waals surface area contributed by atoms with Crippen molar-refractivity contribution in [2.24, 2.45) is 0 Å². The van der Waals surface area contributed by atoms with Crippen LogP contribution in [0.4, 0.5) is 8.78 Å². The number of hydrogen-bond donors (Lipinski definition) is 0. The Bertz CT molecular complexity index is 783. The molecule has 6 heteroatoms. The number of allylic oxidation sites excluding steroid dienone is 2. The van der Waals surface area contributed by atoms with Gasteiger partial charge in [0.1, 0.15) is 0 Å². The van der Waals surface area contributed by atoms with Crippen molar-refractivity contribution in [2.45, 2.75) is 19.8 Å². The minimum atomic E-state index is -3.78. The van der Waals surface area contributed by atoms with Crippen molar-refractivity contribution in [1.29, 1.82) is 0 Å². The van der Waals surface area contributed by atoms with Gasteiger partial charge in [0.05, 0.1) is 6.16 Å². The largest absolute Gasteiger partial charge is 0.430 e. The Morgan fingerprint density at radius 1 is 0.923 bits per heavy atom. The highest BCUT2D eigenvalue weighted by Crippen LogP contribution is 2.49. The lowest BCUT2D eigenvalue weighted by Gasteiger charge is -2.19. The molecule has 0 N–H and O–H groups in total. The van der Waals surface area contributed by atoms with Crippen LogP contribution in [0.5, 0.6) is 11.5 Å². The smallest absolute Gasteiger partial charge is 0.413 e. The first-order chi connectivity index (χ1) is 12.4. The molecule has 138 valence electrons. The molecule has 0 unspecified atom stereocenters.